The third-order valence-corrected chi connectivity index (χ3v) is 4.00. The van der Waals surface area contributed by atoms with E-state index in [0.717, 1.165) is 12.1 Å². The summed E-state index contributed by atoms with van der Waals surface area (Å²) >= 11 is 0. The first kappa shape index (κ1) is 20.8. The molecular formula is C19H21ClFN3O3. The number of carbonyl (C=O) groups excluding carboxylic acids is 2. The molecular weight excluding hydrogens is 373 g/mol. The lowest BCUT2D eigenvalue weighted by atomic mass is 10.1. The second kappa shape index (κ2) is 10.0. The van der Waals surface area contributed by atoms with Crippen LogP contribution in [0.5, 0.6) is 0 Å². The van der Waals surface area contributed by atoms with Gasteiger partial charge in [0.05, 0.1) is 6.61 Å². The first-order valence-electron chi connectivity index (χ1n) is 8.38. The molecule has 1 saturated heterocycles. The second-order valence-corrected chi connectivity index (χ2v) is 5.94. The Balaban J connectivity index is 0.00000261. The SMILES string of the molecule is Cl.O=C(Nc1ccc(F)cc1)c1ccc(CNC(=O)C2CNCCO2)cc1. The van der Waals surface area contributed by atoms with Gasteiger partial charge in [0.15, 0.2) is 0 Å². The fraction of sp³-hybridized carbons (Fsp3) is 0.263. The van der Waals surface area contributed by atoms with Crippen molar-refractivity contribution in [2.75, 3.05) is 25.0 Å². The summed E-state index contributed by atoms with van der Waals surface area (Å²) in [6.45, 7) is 2.15. The maximum atomic E-state index is 12.9. The molecule has 2 amide bonds. The van der Waals surface area contributed by atoms with E-state index in [4.69, 9.17) is 4.74 Å². The standard InChI is InChI=1S/C19H20FN3O3.ClH/c20-15-5-7-16(8-6-15)23-18(24)14-3-1-13(2-4-14)11-22-19(25)17-12-21-9-10-26-17;/h1-8,17,21H,9-12H2,(H,22,25)(H,23,24);1H. The first-order chi connectivity index (χ1) is 12.6. The smallest absolute Gasteiger partial charge is 0.255 e. The monoisotopic (exact) mass is 393 g/mol. The highest BCUT2D eigenvalue weighted by molar-refractivity contribution is 6.04. The number of amides is 2. The zero-order valence-corrected chi connectivity index (χ0v) is 15.4. The van der Waals surface area contributed by atoms with Gasteiger partial charge in [-0.3, -0.25) is 9.59 Å². The molecule has 1 heterocycles. The van der Waals surface area contributed by atoms with Gasteiger partial charge in [0.25, 0.3) is 11.8 Å². The Kier molecular flexibility index (Phi) is 7.72. The molecule has 0 bridgehead atoms. The van der Waals surface area contributed by atoms with Gasteiger partial charge >= 0.3 is 0 Å². The summed E-state index contributed by atoms with van der Waals surface area (Å²) in [5, 5.41) is 8.63. The third kappa shape index (κ3) is 6.02. The molecule has 1 atom stereocenters. The van der Waals surface area contributed by atoms with Crippen LogP contribution >= 0.6 is 12.4 Å². The van der Waals surface area contributed by atoms with Crippen molar-refractivity contribution in [3.05, 3.63) is 65.5 Å². The molecule has 0 aliphatic carbocycles. The maximum absolute atomic E-state index is 12.9. The summed E-state index contributed by atoms with van der Waals surface area (Å²) in [6, 6.07) is 12.5. The summed E-state index contributed by atoms with van der Waals surface area (Å²) in [5.74, 6) is -0.798. The quantitative estimate of drug-likeness (QED) is 0.727. The highest BCUT2D eigenvalue weighted by atomic mass is 35.5. The van der Waals surface area contributed by atoms with Gasteiger partial charge in [0.1, 0.15) is 11.9 Å². The molecule has 3 N–H and O–H groups in total. The molecule has 0 radical (unpaired) electrons. The summed E-state index contributed by atoms with van der Waals surface area (Å²) in [5.41, 5.74) is 1.87. The van der Waals surface area contributed by atoms with Crippen LogP contribution in [0.2, 0.25) is 0 Å². The fourth-order valence-electron chi connectivity index (χ4n) is 2.55. The summed E-state index contributed by atoms with van der Waals surface area (Å²) in [6.07, 6.45) is -0.468. The zero-order valence-electron chi connectivity index (χ0n) is 14.5. The Labute approximate surface area is 162 Å². The number of rotatable bonds is 5. The van der Waals surface area contributed by atoms with Gasteiger partial charge in [-0.2, -0.15) is 0 Å². The van der Waals surface area contributed by atoms with E-state index in [9.17, 15) is 14.0 Å². The number of ether oxygens (including phenoxy) is 1. The Morgan fingerprint density at radius 2 is 1.81 bits per heavy atom. The van der Waals surface area contributed by atoms with Crippen molar-refractivity contribution in [1.29, 1.82) is 0 Å². The van der Waals surface area contributed by atoms with Crippen LogP contribution in [0.1, 0.15) is 15.9 Å². The molecule has 6 nitrogen and oxygen atoms in total. The van der Waals surface area contributed by atoms with Crippen molar-refractivity contribution >= 4 is 29.9 Å². The van der Waals surface area contributed by atoms with Crippen LogP contribution in [0.25, 0.3) is 0 Å². The normalized spacial score (nSPS) is 16.1. The molecule has 1 unspecified atom stereocenters. The number of morpholine rings is 1. The van der Waals surface area contributed by atoms with Crippen molar-refractivity contribution in [3.8, 4) is 0 Å². The van der Waals surface area contributed by atoms with Crippen LogP contribution in [0, 0.1) is 5.82 Å². The minimum Gasteiger partial charge on any atom is -0.366 e. The number of nitrogens with one attached hydrogen (secondary N) is 3. The lowest BCUT2D eigenvalue weighted by Gasteiger charge is -2.22. The third-order valence-electron chi connectivity index (χ3n) is 4.00. The minimum absolute atomic E-state index is 0. The Morgan fingerprint density at radius 3 is 2.44 bits per heavy atom. The average Bonchev–Trinajstić information content (AvgIpc) is 2.69. The van der Waals surface area contributed by atoms with Crippen LogP contribution in [0.3, 0.4) is 0 Å². The Bertz CT molecular complexity index is 763. The van der Waals surface area contributed by atoms with Gasteiger partial charge in [-0.1, -0.05) is 12.1 Å². The molecule has 27 heavy (non-hydrogen) atoms. The van der Waals surface area contributed by atoms with E-state index >= 15 is 0 Å². The topological polar surface area (TPSA) is 79.5 Å². The van der Waals surface area contributed by atoms with Crippen LogP contribution in [-0.2, 0) is 16.1 Å². The van der Waals surface area contributed by atoms with Gasteiger partial charge in [-0.05, 0) is 42.0 Å². The van der Waals surface area contributed by atoms with E-state index in [0.29, 0.717) is 30.9 Å². The average molecular weight is 394 g/mol. The number of hydrogen-bond donors (Lipinski definition) is 3. The van der Waals surface area contributed by atoms with Gasteiger partial charge in [0, 0.05) is 30.9 Å². The van der Waals surface area contributed by atoms with Crippen molar-refractivity contribution in [1.82, 2.24) is 10.6 Å². The van der Waals surface area contributed by atoms with Gasteiger partial charge in [-0.15, -0.1) is 12.4 Å². The van der Waals surface area contributed by atoms with Crippen LogP contribution in [-0.4, -0.2) is 37.6 Å². The van der Waals surface area contributed by atoms with Crippen molar-refractivity contribution in [2.24, 2.45) is 0 Å². The molecule has 1 aliphatic heterocycles. The van der Waals surface area contributed by atoms with E-state index in [1.54, 1.807) is 24.3 Å². The molecule has 0 saturated carbocycles. The predicted molar refractivity (Wildman–Crippen MR) is 102 cm³/mol. The zero-order chi connectivity index (χ0) is 18.4. The lowest BCUT2D eigenvalue weighted by molar-refractivity contribution is -0.134. The molecule has 2 aromatic carbocycles. The minimum atomic E-state index is -0.468. The van der Waals surface area contributed by atoms with E-state index < -0.39 is 6.10 Å². The maximum Gasteiger partial charge on any atom is 0.255 e. The van der Waals surface area contributed by atoms with E-state index in [1.807, 2.05) is 0 Å². The van der Waals surface area contributed by atoms with Gasteiger partial charge < -0.3 is 20.7 Å². The first-order valence-corrected chi connectivity index (χ1v) is 8.38. The number of halogens is 2. The van der Waals surface area contributed by atoms with Crippen LogP contribution in [0.15, 0.2) is 48.5 Å². The number of hydrogen-bond acceptors (Lipinski definition) is 4. The summed E-state index contributed by atoms with van der Waals surface area (Å²) < 4.78 is 18.3. The van der Waals surface area contributed by atoms with E-state index in [-0.39, 0.29) is 30.0 Å². The van der Waals surface area contributed by atoms with E-state index in [1.165, 1.54) is 24.3 Å². The molecule has 1 fully saturated rings. The molecule has 1 aliphatic rings. The van der Waals surface area contributed by atoms with Crippen molar-refractivity contribution < 1.29 is 18.7 Å². The number of benzene rings is 2. The predicted octanol–water partition coefficient (Wildman–Crippen LogP) is 2.10. The largest absolute Gasteiger partial charge is 0.366 e. The van der Waals surface area contributed by atoms with Crippen molar-refractivity contribution in [3.63, 3.8) is 0 Å². The molecule has 8 heteroatoms. The Morgan fingerprint density at radius 1 is 1.11 bits per heavy atom. The van der Waals surface area contributed by atoms with Gasteiger partial charge in [-0.25, -0.2) is 4.39 Å². The summed E-state index contributed by atoms with van der Waals surface area (Å²) in [4.78, 5) is 24.2. The lowest BCUT2D eigenvalue weighted by Crippen LogP contribution is -2.47. The molecule has 3 rings (SSSR count). The van der Waals surface area contributed by atoms with Crippen LogP contribution in [0.4, 0.5) is 10.1 Å². The van der Waals surface area contributed by atoms with Crippen molar-refractivity contribution in [2.45, 2.75) is 12.6 Å². The van der Waals surface area contributed by atoms with Crippen LogP contribution < -0.4 is 16.0 Å². The molecule has 0 spiro atoms. The number of carbonyl (C=O) groups is 2. The highest BCUT2D eigenvalue weighted by Crippen LogP contribution is 2.11. The molecule has 0 aromatic heterocycles. The summed E-state index contributed by atoms with van der Waals surface area (Å²) in [7, 11) is 0. The van der Waals surface area contributed by atoms with E-state index in [2.05, 4.69) is 16.0 Å². The highest BCUT2D eigenvalue weighted by Gasteiger charge is 2.21. The number of anilines is 1. The second-order valence-electron chi connectivity index (χ2n) is 5.94. The Hall–Kier alpha value is -2.48. The molecule has 2 aromatic rings. The van der Waals surface area contributed by atoms with Gasteiger partial charge in [0.2, 0.25) is 0 Å². The fourth-order valence-corrected chi connectivity index (χ4v) is 2.55. The molecule has 144 valence electrons.